The molecule has 0 aliphatic rings. The Morgan fingerprint density at radius 3 is 2.70 bits per heavy atom. The summed E-state index contributed by atoms with van der Waals surface area (Å²) in [6.45, 7) is 3.94. The molecule has 1 unspecified atom stereocenters. The number of benzene rings is 1. The minimum Gasteiger partial charge on any atom is -0.495 e. The molecule has 0 radical (unpaired) electrons. The Kier molecular flexibility index (Phi) is 5.76. The van der Waals surface area contributed by atoms with E-state index in [0.29, 0.717) is 16.6 Å². The van der Waals surface area contributed by atoms with Crippen LogP contribution in [0.25, 0.3) is 0 Å². The number of rotatable bonds is 6. The van der Waals surface area contributed by atoms with Gasteiger partial charge in [-0.25, -0.2) is 9.97 Å². The van der Waals surface area contributed by atoms with Gasteiger partial charge in [0, 0.05) is 11.7 Å². The van der Waals surface area contributed by atoms with E-state index in [9.17, 15) is 4.79 Å². The van der Waals surface area contributed by atoms with Crippen molar-refractivity contribution in [2.75, 3.05) is 12.4 Å². The van der Waals surface area contributed by atoms with Crippen molar-refractivity contribution >= 4 is 29.0 Å². The molecule has 0 fully saturated rings. The number of ether oxygens (including phenoxy) is 1. The highest BCUT2D eigenvalue weighted by molar-refractivity contribution is 6.32. The number of carbonyl (C=O) groups is 1. The number of anilines is 2. The van der Waals surface area contributed by atoms with Gasteiger partial charge in [0.05, 0.1) is 24.5 Å². The zero-order valence-corrected chi connectivity index (χ0v) is 14.0. The smallest absolute Gasteiger partial charge is 0.271 e. The Hall–Kier alpha value is -2.34. The van der Waals surface area contributed by atoms with Crippen LogP contribution in [0.5, 0.6) is 5.75 Å². The molecule has 7 heteroatoms. The molecule has 1 amide bonds. The van der Waals surface area contributed by atoms with Gasteiger partial charge < -0.3 is 15.4 Å². The number of amides is 1. The van der Waals surface area contributed by atoms with Crippen molar-refractivity contribution in [3.05, 3.63) is 41.3 Å². The van der Waals surface area contributed by atoms with Gasteiger partial charge in [-0.1, -0.05) is 18.5 Å². The van der Waals surface area contributed by atoms with E-state index in [1.54, 1.807) is 19.2 Å². The summed E-state index contributed by atoms with van der Waals surface area (Å²) in [5.74, 6) is 0.887. The summed E-state index contributed by atoms with van der Waals surface area (Å²) in [5, 5.41) is 6.41. The van der Waals surface area contributed by atoms with Crippen LogP contribution in [0.1, 0.15) is 30.8 Å². The van der Waals surface area contributed by atoms with Crippen LogP contribution in [0.3, 0.4) is 0 Å². The average Bonchev–Trinajstić information content (AvgIpc) is 2.55. The van der Waals surface area contributed by atoms with Crippen LogP contribution in [0.4, 0.5) is 11.5 Å². The second kappa shape index (κ2) is 7.78. The number of hydrogen-bond acceptors (Lipinski definition) is 5. The van der Waals surface area contributed by atoms with Gasteiger partial charge in [0.15, 0.2) is 0 Å². The third kappa shape index (κ3) is 4.56. The summed E-state index contributed by atoms with van der Waals surface area (Å²) in [4.78, 5) is 20.2. The molecule has 0 aliphatic carbocycles. The van der Waals surface area contributed by atoms with Gasteiger partial charge in [-0.3, -0.25) is 4.79 Å². The second-order valence-corrected chi connectivity index (χ2v) is 5.45. The van der Waals surface area contributed by atoms with Gasteiger partial charge in [0.2, 0.25) is 0 Å². The summed E-state index contributed by atoms with van der Waals surface area (Å²) < 4.78 is 5.10. The number of nitrogens with zero attached hydrogens (tertiary/aromatic N) is 2. The van der Waals surface area contributed by atoms with Crippen LogP contribution in [-0.2, 0) is 0 Å². The molecule has 1 heterocycles. The zero-order chi connectivity index (χ0) is 16.8. The Morgan fingerprint density at radius 2 is 2.13 bits per heavy atom. The van der Waals surface area contributed by atoms with Crippen molar-refractivity contribution in [3.63, 3.8) is 0 Å². The van der Waals surface area contributed by atoms with E-state index in [4.69, 9.17) is 16.3 Å². The first-order valence-corrected chi connectivity index (χ1v) is 7.64. The molecule has 0 bridgehead atoms. The van der Waals surface area contributed by atoms with Crippen molar-refractivity contribution in [1.82, 2.24) is 15.3 Å². The minimum atomic E-state index is -0.231. The van der Waals surface area contributed by atoms with Crippen molar-refractivity contribution in [2.45, 2.75) is 26.3 Å². The van der Waals surface area contributed by atoms with E-state index in [1.807, 2.05) is 19.9 Å². The lowest BCUT2D eigenvalue weighted by molar-refractivity contribution is 0.0934. The monoisotopic (exact) mass is 334 g/mol. The third-order valence-corrected chi connectivity index (χ3v) is 3.59. The molecule has 122 valence electrons. The van der Waals surface area contributed by atoms with Crippen molar-refractivity contribution in [3.8, 4) is 5.75 Å². The summed E-state index contributed by atoms with van der Waals surface area (Å²) in [5.41, 5.74) is 1.03. The fourth-order valence-corrected chi connectivity index (χ4v) is 2.06. The molecule has 1 atom stereocenters. The largest absolute Gasteiger partial charge is 0.495 e. The van der Waals surface area contributed by atoms with Gasteiger partial charge in [0.1, 0.15) is 17.3 Å². The lowest BCUT2D eigenvalue weighted by Gasteiger charge is -2.11. The Bertz CT molecular complexity index is 676. The van der Waals surface area contributed by atoms with Crippen molar-refractivity contribution in [2.24, 2.45) is 0 Å². The van der Waals surface area contributed by atoms with Crippen LogP contribution in [0, 0.1) is 0 Å². The summed E-state index contributed by atoms with van der Waals surface area (Å²) >= 11 is 6.07. The Morgan fingerprint density at radius 1 is 1.35 bits per heavy atom. The van der Waals surface area contributed by atoms with E-state index in [0.717, 1.165) is 12.1 Å². The number of nitrogens with one attached hydrogen (secondary N) is 2. The highest BCUT2D eigenvalue weighted by atomic mass is 35.5. The highest BCUT2D eigenvalue weighted by Crippen LogP contribution is 2.28. The SMILES string of the molecule is CCC(C)NC(=O)c1cnc(Nc2ccc(OC)c(Cl)c2)cn1. The standard InChI is InChI=1S/C16H19ClN4O2/c1-4-10(2)20-16(22)13-8-19-15(9-18-13)21-11-5-6-14(23-3)12(17)7-11/h5-10H,4H2,1-3H3,(H,19,21)(H,20,22). The molecule has 1 aromatic carbocycles. The molecule has 6 nitrogen and oxygen atoms in total. The van der Waals surface area contributed by atoms with Crippen LogP contribution < -0.4 is 15.4 Å². The lowest BCUT2D eigenvalue weighted by atomic mass is 10.2. The number of methoxy groups -OCH3 is 1. The van der Waals surface area contributed by atoms with Gasteiger partial charge in [-0.15, -0.1) is 0 Å². The van der Waals surface area contributed by atoms with Gasteiger partial charge in [-0.2, -0.15) is 0 Å². The fraction of sp³-hybridized carbons (Fsp3) is 0.312. The maximum Gasteiger partial charge on any atom is 0.271 e. The van der Waals surface area contributed by atoms with Crippen molar-refractivity contribution in [1.29, 1.82) is 0 Å². The quantitative estimate of drug-likeness (QED) is 0.846. The van der Waals surface area contributed by atoms with E-state index >= 15 is 0 Å². The van der Waals surface area contributed by atoms with E-state index < -0.39 is 0 Å². The maximum atomic E-state index is 11.9. The lowest BCUT2D eigenvalue weighted by Crippen LogP contribution is -2.32. The zero-order valence-electron chi connectivity index (χ0n) is 13.3. The fourth-order valence-electron chi connectivity index (χ4n) is 1.80. The molecular formula is C16H19ClN4O2. The average molecular weight is 335 g/mol. The Balaban J connectivity index is 2.05. The first-order chi connectivity index (χ1) is 11.0. The third-order valence-electron chi connectivity index (χ3n) is 3.30. The summed E-state index contributed by atoms with van der Waals surface area (Å²) in [6, 6.07) is 5.40. The molecule has 0 aliphatic heterocycles. The molecule has 0 saturated heterocycles. The minimum absolute atomic E-state index is 0.101. The van der Waals surface area contributed by atoms with Crippen LogP contribution >= 0.6 is 11.6 Å². The predicted octanol–water partition coefficient (Wildman–Crippen LogP) is 3.41. The van der Waals surface area contributed by atoms with Crippen molar-refractivity contribution < 1.29 is 9.53 Å². The summed E-state index contributed by atoms with van der Waals surface area (Å²) in [6.07, 6.45) is 3.80. The normalized spacial score (nSPS) is 11.7. The van der Waals surface area contributed by atoms with Crippen LogP contribution in [-0.4, -0.2) is 29.0 Å². The predicted molar refractivity (Wildman–Crippen MR) is 90.5 cm³/mol. The molecular weight excluding hydrogens is 316 g/mol. The Labute approximate surface area is 140 Å². The molecule has 2 N–H and O–H groups in total. The first kappa shape index (κ1) is 17.0. The molecule has 2 rings (SSSR count). The van der Waals surface area contributed by atoms with Crippen LogP contribution in [0.15, 0.2) is 30.6 Å². The van der Waals surface area contributed by atoms with Gasteiger partial charge in [0.25, 0.3) is 5.91 Å². The number of halogens is 1. The number of carbonyl (C=O) groups excluding carboxylic acids is 1. The van der Waals surface area contributed by atoms with E-state index in [1.165, 1.54) is 12.4 Å². The first-order valence-electron chi connectivity index (χ1n) is 7.27. The molecule has 1 aromatic heterocycles. The van der Waals surface area contributed by atoms with Crippen LogP contribution in [0.2, 0.25) is 5.02 Å². The van der Waals surface area contributed by atoms with Gasteiger partial charge >= 0.3 is 0 Å². The summed E-state index contributed by atoms with van der Waals surface area (Å²) in [7, 11) is 1.56. The maximum absolute atomic E-state index is 11.9. The molecule has 2 aromatic rings. The highest BCUT2D eigenvalue weighted by Gasteiger charge is 2.10. The second-order valence-electron chi connectivity index (χ2n) is 5.04. The number of hydrogen-bond donors (Lipinski definition) is 2. The molecule has 23 heavy (non-hydrogen) atoms. The number of aromatic nitrogens is 2. The molecule has 0 spiro atoms. The van der Waals surface area contributed by atoms with E-state index in [-0.39, 0.29) is 17.6 Å². The van der Waals surface area contributed by atoms with Gasteiger partial charge in [-0.05, 0) is 31.5 Å². The topological polar surface area (TPSA) is 76.1 Å². The molecule has 0 saturated carbocycles. The van der Waals surface area contributed by atoms with E-state index in [2.05, 4.69) is 20.6 Å².